The fourth-order valence-electron chi connectivity index (χ4n) is 3.48. The van der Waals surface area contributed by atoms with Gasteiger partial charge in [-0.1, -0.05) is 53.7 Å². The van der Waals surface area contributed by atoms with E-state index in [9.17, 15) is 14.7 Å². The van der Waals surface area contributed by atoms with E-state index in [1.165, 1.54) is 17.1 Å². The molecule has 1 aliphatic carbocycles. The van der Waals surface area contributed by atoms with Crippen LogP contribution in [0.15, 0.2) is 60.9 Å². The predicted octanol–water partition coefficient (Wildman–Crippen LogP) is 2.27. The number of fused-ring (bicyclic) bond motifs is 3. The number of carboxylic acid groups (broad SMARTS) is 1. The number of nitrogens with one attached hydrogen (secondary N) is 1. The summed E-state index contributed by atoms with van der Waals surface area (Å²) < 4.78 is 6.72. The number of aliphatic carboxylic acids is 1. The van der Waals surface area contributed by atoms with Gasteiger partial charge in [-0.3, -0.25) is 0 Å². The molecule has 3 aromatic rings. The molecule has 1 aliphatic rings. The normalized spacial score (nSPS) is 13.4. The summed E-state index contributed by atoms with van der Waals surface area (Å²) in [5.41, 5.74) is 4.44. The second kappa shape index (κ2) is 7.51. The average Bonchev–Trinajstić information content (AvgIpc) is 3.32. The third kappa shape index (κ3) is 3.44. The van der Waals surface area contributed by atoms with Gasteiger partial charge in [-0.05, 0) is 22.3 Å². The molecule has 142 valence electrons. The topological polar surface area (TPSA) is 106 Å². The van der Waals surface area contributed by atoms with Crippen LogP contribution in [0.5, 0.6) is 0 Å². The Morgan fingerprint density at radius 2 is 1.75 bits per heavy atom. The lowest BCUT2D eigenvalue weighted by atomic mass is 9.98. The molecule has 4 rings (SSSR count). The molecule has 0 spiro atoms. The lowest BCUT2D eigenvalue weighted by Gasteiger charge is -2.17. The number of carboxylic acids is 1. The molecule has 1 aromatic heterocycles. The van der Waals surface area contributed by atoms with E-state index in [0.29, 0.717) is 0 Å². The van der Waals surface area contributed by atoms with Gasteiger partial charge < -0.3 is 15.2 Å². The number of carbonyl (C=O) groups excluding carboxylic acids is 1. The van der Waals surface area contributed by atoms with Gasteiger partial charge in [-0.25, -0.2) is 14.3 Å². The minimum atomic E-state index is -1.18. The quantitative estimate of drug-likeness (QED) is 0.682. The molecule has 0 bridgehead atoms. The van der Waals surface area contributed by atoms with Crippen molar-refractivity contribution in [3.05, 3.63) is 72.1 Å². The highest BCUT2D eigenvalue weighted by atomic mass is 16.5. The molecule has 0 unspecified atom stereocenters. The summed E-state index contributed by atoms with van der Waals surface area (Å²) in [5.74, 6) is -1.26. The summed E-state index contributed by atoms with van der Waals surface area (Å²) in [5, 5.41) is 19.0. The van der Waals surface area contributed by atoms with E-state index < -0.39 is 18.1 Å². The first-order valence-corrected chi connectivity index (χ1v) is 8.82. The maximum Gasteiger partial charge on any atom is 0.407 e. The molecule has 2 aromatic carbocycles. The molecule has 1 atom stereocenters. The van der Waals surface area contributed by atoms with Crippen LogP contribution in [0.1, 0.15) is 17.0 Å². The standard InChI is InChI=1S/C20H18N4O4/c25-19(26)18(11-24-10-9-21-23-24)22-20(27)28-12-17-15-7-3-1-5-13(15)14-6-2-4-8-16(14)17/h1-10,17-18H,11-12H2,(H,22,27)(H,25,26)/t18-/m1/s1. The van der Waals surface area contributed by atoms with E-state index >= 15 is 0 Å². The number of rotatable bonds is 6. The fraction of sp³-hybridized carbons (Fsp3) is 0.200. The summed E-state index contributed by atoms with van der Waals surface area (Å²) >= 11 is 0. The number of hydrogen-bond acceptors (Lipinski definition) is 5. The molecule has 8 heteroatoms. The SMILES string of the molecule is O=C(N[C@H](Cn1ccnn1)C(=O)O)OCC1c2ccccc2-c2ccccc21. The zero-order valence-corrected chi connectivity index (χ0v) is 14.9. The Kier molecular flexibility index (Phi) is 4.76. The lowest BCUT2D eigenvalue weighted by Crippen LogP contribution is -2.44. The van der Waals surface area contributed by atoms with Crippen LogP contribution in [0.3, 0.4) is 0 Å². The molecule has 8 nitrogen and oxygen atoms in total. The summed E-state index contributed by atoms with van der Waals surface area (Å²) in [6.45, 7) is 0.0784. The summed E-state index contributed by atoms with van der Waals surface area (Å²) in [7, 11) is 0. The zero-order chi connectivity index (χ0) is 19.5. The third-order valence-electron chi connectivity index (χ3n) is 4.78. The Morgan fingerprint density at radius 3 is 2.32 bits per heavy atom. The molecule has 0 saturated carbocycles. The van der Waals surface area contributed by atoms with Crippen molar-refractivity contribution in [3.8, 4) is 11.1 Å². The van der Waals surface area contributed by atoms with E-state index in [1.54, 1.807) is 0 Å². The van der Waals surface area contributed by atoms with Crippen LogP contribution in [0.25, 0.3) is 11.1 Å². The van der Waals surface area contributed by atoms with Gasteiger partial charge in [-0.2, -0.15) is 0 Å². The smallest absolute Gasteiger partial charge is 0.407 e. The van der Waals surface area contributed by atoms with Gasteiger partial charge in [-0.15, -0.1) is 5.10 Å². The molecule has 2 N–H and O–H groups in total. The van der Waals surface area contributed by atoms with Crippen LogP contribution in [0.4, 0.5) is 4.79 Å². The Labute approximate surface area is 160 Å². The first-order chi connectivity index (χ1) is 13.6. The largest absolute Gasteiger partial charge is 0.480 e. The van der Waals surface area contributed by atoms with E-state index in [2.05, 4.69) is 15.6 Å². The number of nitrogens with zero attached hydrogens (tertiary/aromatic N) is 3. The van der Waals surface area contributed by atoms with Crippen LogP contribution < -0.4 is 5.32 Å². The summed E-state index contributed by atoms with van der Waals surface area (Å²) in [4.78, 5) is 23.6. The highest BCUT2D eigenvalue weighted by Gasteiger charge is 2.29. The number of hydrogen-bond donors (Lipinski definition) is 2. The average molecular weight is 378 g/mol. The Morgan fingerprint density at radius 1 is 1.11 bits per heavy atom. The minimum absolute atomic E-state index is 0.0421. The van der Waals surface area contributed by atoms with E-state index in [4.69, 9.17) is 4.74 Å². The number of ether oxygens (including phenoxy) is 1. The molecule has 28 heavy (non-hydrogen) atoms. The lowest BCUT2D eigenvalue weighted by molar-refractivity contribution is -0.139. The van der Waals surface area contributed by atoms with Crippen LogP contribution in [-0.4, -0.2) is 44.8 Å². The van der Waals surface area contributed by atoms with Gasteiger partial charge in [0.05, 0.1) is 12.7 Å². The molecular formula is C20H18N4O4. The van der Waals surface area contributed by atoms with Crippen molar-refractivity contribution in [2.75, 3.05) is 6.61 Å². The maximum atomic E-state index is 12.2. The van der Waals surface area contributed by atoms with Gasteiger partial charge >= 0.3 is 12.1 Å². The van der Waals surface area contributed by atoms with Crippen LogP contribution in [0, 0.1) is 0 Å². The number of alkyl carbamates (subject to hydrolysis) is 1. The molecule has 0 aliphatic heterocycles. The highest BCUT2D eigenvalue weighted by molar-refractivity contribution is 5.81. The predicted molar refractivity (Wildman–Crippen MR) is 99.7 cm³/mol. The van der Waals surface area contributed by atoms with Crippen molar-refractivity contribution in [2.24, 2.45) is 0 Å². The maximum absolute atomic E-state index is 12.2. The Balaban J connectivity index is 1.44. The van der Waals surface area contributed by atoms with E-state index in [-0.39, 0.29) is 19.1 Å². The van der Waals surface area contributed by atoms with Crippen molar-refractivity contribution in [1.82, 2.24) is 20.3 Å². The van der Waals surface area contributed by atoms with E-state index in [1.807, 2.05) is 48.5 Å². The Hall–Kier alpha value is -3.68. The number of aromatic nitrogens is 3. The van der Waals surface area contributed by atoms with Gasteiger partial charge in [0.15, 0.2) is 0 Å². The van der Waals surface area contributed by atoms with Crippen molar-refractivity contribution >= 4 is 12.1 Å². The Bertz CT molecular complexity index is 957. The zero-order valence-electron chi connectivity index (χ0n) is 14.9. The van der Waals surface area contributed by atoms with Crippen LogP contribution in [-0.2, 0) is 16.1 Å². The minimum Gasteiger partial charge on any atom is -0.480 e. The third-order valence-corrected chi connectivity index (χ3v) is 4.78. The monoisotopic (exact) mass is 378 g/mol. The number of carbonyl (C=O) groups is 2. The second-order valence-electron chi connectivity index (χ2n) is 6.49. The van der Waals surface area contributed by atoms with Gasteiger partial charge in [0.1, 0.15) is 12.6 Å². The van der Waals surface area contributed by atoms with Crippen LogP contribution in [0.2, 0.25) is 0 Å². The van der Waals surface area contributed by atoms with Gasteiger partial charge in [0.2, 0.25) is 0 Å². The van der Waals surface area contributed by atoms with Gasteiger partial charge in [0.25, 0.3) is 0 Å². The van der Waals surface area contributed by atoms with Crippen molar-refractivity contribution in [2.45, 2.75) is 18.5 Å². The molecule has 0 fully saturated rings. The van der Waals surface area contributed by atoms with Crippen molar-refractivity contribution in [3.63, 3.8) is 0 Å². The van der Waals surface area contributed by atoms with Crippen molar-refractivity contribution in [1.29, 1.82) is 0 Å². The van der Waals surface area contributed by atoms with E-state index in [0.717, 1.165) is 22.3 Å². The molecule has 0 radical (unpaired) electrons. The molecule has 1 amide bonds. The highest BCUT2D eigenvalue weighted by Crippen LogP contribution is 2.44. The molecular weight excluding hydrogens is 360 g/mol. The fourth-order valence-corrected chi connectivity index (χ4v) is 3.48. The second-order valence-corrected chi connectivity index (χ2v) is 6.49. The van der Waals surface area contributed by atoms with Gasteiger partial charge in [0, 0.05) is 12.1 Å². The number of amides is 1. The summed E-state index contributed by atoms with van der Waals surface area (Å²) in [6.07, 6.45) is 2.18. The number of benzene rings is 2. The first-order valence-electron chi connectivity index (χ1n) is 8.82. The van der Waals surface area contributed by atoms with Crippen molar-refractivity contribution < 1.29 is 19.4 Å². The molecule has 1 heterocycles. The van der Waals surface area contributed by atoms with Crippen LogP contribution >= 0.6 is 0 Å². The molecule has 0 saturated heterocycles. The summed E-state index contributed by atoms with van der Waals surface area (Å²) in [6, 6.07) is 14.8. The first kappa shape index (κ1) is 17.7.